The Bertz CT molecular complexity index is 1250. The number of nitrogens with one attached hydrogen (secondary N) is 2. The van der Waals surface area contributed by atoms with E-state index < -0.39 is 64.8 Å². The van der Waals surface area contributed by atoms with Crippen LogP contribution >= 0.6 is 0 Å². The summed E-state index contributed by atoms with van der Waals surface area (Å²) >= 11 is 0. The normalized spacial score (nSPS) is 25.9. The average molecular weight is 498 g/mol. The van der Waals surface area contributed by atoms with Crippen LogP contribution in [0, 0.1) is 17.6 Å². The van der Waals surface area contributed by atoms with Gasteiger partial charge in [-0.3, -0.25) is 19.7 Å². The van der Waals surface area contributed by atoms with Gasteiger partial charge in [0.25, 0.3) is 17.7 Å². The molecule has 2 aliphatic heterocycles. The standard InChI is InChI=1S/C23H19F5N2O5/c1-9-15(12-6-7-14(24)16(25)17(12)34-3)18(35-22(9,2)23(26,27)28)21(33)29-10-4-5-11-13(8-10)20(32)30-19(11)31/h4-9,15,18H,1-3H3,(H,29,33)(H,30,31,32)/t9-,15-,18+,22+/m0/s1. The van der Waals surface area contributed by atoms with E-state index >= 15 is 0 Å². The van der Waals surface area contributed by atoms with Crippen LogP contribution in [0.25, 0.3) is 0 Å². The number of carbonyl (C=O) groups is 3. The Kier molecular flexibility index (Phi) is 5.82. The molecule has 2 aliphatic rings. The highest BCUT2D eigenvalue weighted by Gasteiger charge is 2.65. The van der Waals surface area contributed by atoms with Crippen molar-refractivity contribution in [1.29, 1.82) is 0 Å². The van der Waals surface area contributed by atoms with Crippen LogP contribution in [0.5, 0.6) is 5.75 Å². The molecule has 2 aromatic carbocycles. The van der Waals surface area contributed by atoms with Gasteiger partial charge in [0.05, 0.1) is 18.2 Å². The molecule has 0 saturated carbocycles. The smallest absolute Gasteiger partial charge is 0.417 e. The maximum Gasteiger partial charge on any atom is 0.417 e. The van der Waals surface area contributed by atoms with E-state index in [-0.39, 0.29) is 22.4 Å². The van der Waals surface area contributed by atoms with Crippen LogP contribution in [0.4, 0.5) is 27.6 Å². The Balaban J connectivity index is 1.75. The second-order valence-electron chi connectivity index (χ2n) is 8.47. The Morgan fingerprint density at radius 2 is 1.77 bits per heavy atom. The number of hydrogen-bond acceptors (Lipinski definition) is 5. The molecular weight excluding hydrogens is 479 g/mol. The number of imide groups is 1. The summed E-state index contributed by atoms with van der Waals surface area (Å²) in [5.74, 6) is -8.46. The van der Waals surface area contributed by atoms with E-state index in [0.29, 0.717) is 0 Å². The molecule has 186 valence electrons. The third-order valence-corrected chi connectivity index (χ3v) is 6.57. The summed E-state index contributed by atoms with van der Waals surface area (Å²) in [7, 11) is 1.02. The molecule has 1 saturated heterocycles. The van der Waals surface area contributed by atoms with E-state index in [4.69, 9.17) is 9.47 Å². The number of amides is 3. The molecule has 7 nitrogen and oxygen atoms in total. The summed E-state index contributed by atoms with van der Waals surface area (Å²) < 4.78 is 80.4. The second-order valence-corrected chi connectivity index (χ2v) is 8.47. The summed E-state index contributed by atoms with van der Waals surface area (Å²) in [6, 6.07) is 5.55. The van der Waals surface area contributed by atoms with E-state index in [1.807, 2.05) is 0 Å². The topological polar surface area (TPSA) is 93.7 Å². The maximum atomic E-state index is 14.4. The van der Waals surface area contributed by atoms with Crippen molar-refractivity contribution in [2.75, 3.05) is 12.4 Å². The highest BCUT2D eigenvalue weighted by atomic mass is 19.4. The van der Waals surface area contributed by atoms with Crippen LogP contribution in [0.2, 0.25) is 0 Å². The highest BCUT2D eigenvalue weighted by molar-refractivity contribution is 6.22. The molecule has 0 aliphatic carbocycles. The first-order chi connectivity index (χ1) is 16.3. The number of fused-ring (bicyclic) bond motifs is 1. The lowest BCUT2D eigenvalue weighted by atomic mass is 9.77. The van der Waals surface area contributed by atoms with Crippen LogP contribution in [0.15, 0.2) is 30.3 Å². The Hall–Kier alpha value is -3.54. The number of hydrogen-bond donors (Lipinski definition) is 2. The number of halogens is 5. The van der Waals surface area contributed by atoms with Crippen molar-refractivity contribution in [3.63, 3.8) is 0 Å². The molecule has 0 bridgehead atoms. The van der Waals surface area contributed by atoms with E-state index in [9.17, 15) is 36.3 Å². The van der Waals surface area contributed by atoms with Gasteiger partial charge >= 0.3 is 6.18 Å². The number of methoxy groups -OCH3 is 1. The predicted octanol–water partition coefficient (Wildman–Crippen LogP) is 3.94. The summed E-state index contributed by atoms with van der Waals surface area (Å²) in [4.78, 5) is 36.8. The van der Waals surface area contributed by atoms with Crippen molar-refractivity contribution in [1.82, 2.24) is 5.32 Å². The monoisotopic (exact) mass is 498 g/mol. The summed E-state index contributed by atoms with van der Waals surface area (Å²) in [5.41, 5.74) is -2.91. The lowest BCUT2D eigenvalue weighted by Crippen LogP contribution is -2.47. The summed E-state index contributed by atoms with van der Waals surface area (Å²) in [6.45, 7) is 1.97. The molecule has 0 aromatic heterocycles. The van der Waals surface area contributed by atoms with Crippen molar-refractivity contribution < 1.29 is 45.8 Å². The SMILES string of the molecule is COc1c([C@H]2[C@H](C(=O)Nc3ccc4c(c3)C(=O)NC4=O)O[C@@](C)(C(F)(F)F)[C@H]2C)ccc(F)c1F. The first-order valence-corrected chi connectivity index (χ1v) is 10.4. The van der Waals surface area contributed by atoms with Gasteiger partial charge in [-0.15, -0.1) is 0 Å². The minimum Gasteiger partial charge on any atom is -0.493 e. The fourth-order valence-corrected chi connectivity index (χ4v) is 4.50. The number of anilines is 1. The van der Waals surface area contributed by atoms with Gasteiger partial charge in [0, 0.05) is 23.1 Å². The van der Waals surface area contributed by atoms with Crippen molar-refractivity contribution in [2.24, 2.45) is 5.92 Å². The molecule has 4 atom stereocenters. The molecule has 2 aromatic rings. The van der Waals surface area contributed by atoms with Gasteiger partial charge in [-0.1, -0.05) is 13.0 Å². The predicted molar refractivity (Wildman–Crippen MR) is 111 cm³/mol. The molecule has 1 fully saturated rings. The second kappa shape index (κ2) is 8.29. The van der Waals surface area contributed by atoms with E-state index in [0.717, 1.165) is 26.2 Å². The van der Waals surface area contributed by atoms with Crippen LogP contribution < -0.4 is 15.4 Å². The maximum absolute atomic E-state index is 14.4. The fourth-order valence-electron chi connectivity index (χ4n) is 4.50. The van der Waals surface area contributed by atoms with Gasteiger partial charge in [0.2, 0.25) is 5.82 Å². The molecule has 12 heteroatoms. The lowest BCUT2D eigenvalue weighted by Gasteiger charge is -2.32. The van der Waals surface area contributed by atoms with E-state index in [1.54, 1.807) is 0 Å². The average Bonchev–Trinajstić information content (AvgIpc) is 3.23. The highest BCUT2D eigenvalue weighted by Crippen LogP contribution is 2.55. The minimum atomic E-state index is -4.91. The van der Waals surface area contributed by atoms with Gasteiger partial charge in [-0.2, -0.15) is 17.6 Å². The first kappa shape index (κ1) is 24.6. The van der Waals surface area contributed by atoms with Crippen molar-refractivity contribution in [3.05, 3.63) is 58.7 Å². The number of alkyl halides is 3. The molecule has 0 spiro atoms. The molecule has 2 N–H and O–H groups in total. The molecule has 0 unspecified atom stereocenters. The van der Waals surface area contributed by atoms with Crippen LogP contribution in [0.1, 0.15) is 46.0 Å². The third-order valence-electron chi connectivity index (χ3n) is 6.57. The number of benzene rings is 2. The van der Waals surface area contributed by atoms with Gasteiger partial charge in [-0.25, -0.2) is 4.39 Å². The van der Waals surface area contributed by atoms with Crippen LogP contribution in [0.3, 0.4) is 0 Å². The fraction of sp³-hybridized carbons (Fsp3) is 0.348. The van der Waals surface area contributed by atoms with Crippen molar-refractivity contribution >= 4 is 23.4 Å². The van der Waals surface area contributed by atoms with Crippen LogP contribution in [-0.2, 0) is 9.53 Å². The molecule has 4 rings (SSSR count). The molecule has 35 heavy (non-hydrogen) atoms. The van der Waals surface area contributed by atoms with Gasteiger partial charge in [0.1, 0.15) is 6.10 Å². The Morgan fingerprint density at radius 1 is 1.11 bits per heavy atom. The summed E-state index contributed by atoms with van der Waals surface area (Å²) in [6.07, 6.45) is -6.70. The summed E-state index contributed by atoms with van der Waals surface area (Å²) in [5, 5.41) is 4.47. The zero-order valence-corrected chi connectivity index (χ0v) is 18.5. The van der Waals surface area contributed by atoms with Crippen molar-refractivity contribution in [2.45, 2.75) is 37.6 Å². The van der Waals surface area contributed by atoms with Crippen LogP contribution in [-0.4, -0.2) is 42.7 Å². The Morgan fingerprint density at radius 3 is 2.40 bits per heavy atom. The number of rotatable bonds is 4. The quantitative estimate of drug-likeness (QED) is 0.492. The van der Waals surface area contributed by atoms with Gasteiger partial charge in [0.15, 0.2) is 17.2 Å². The number of carbonyl (C=O) groups excluding carboxylic acids is 3. The molecule has 3 amide bonds. The van der Waals surface area contributed by atoms with Gasteiger partial charge < -0.3 is 14.8 Å². The van der Waals surface area contributed by atoms with Crippen molar-refractivity contribution in [3.8, 4) is 5.75 Å². The zero-order valence-electron chi connectivity index (χ0n) is 18.5. The van der Waals surface area contributed by atoms with E-state index in [1.165, 1.54) is 25.1 Å². The van der Waals surface area contributed by atoms with E-state index in [2.05, 4.69) is 10.6 Å². The molecular formula is C23H19F5N2O5. The van der Waals surface area contributed by atoms with Gasteiger partial charge in [-0.05, 0) is 31.2 Å². The Labute approximate surface area is 195 Å². The minimum absolute atomic E-state index is 0.0199. The molecule has 2 heterocycles. The zero-order chi connectivity index (χ0) is 25.9. The largest absolute Gasteiger partial charge is 0.493 e. The lowest BCUT2D eigenvalue weighted by molar-refractivity contribution is -0.272. The third kappa shape index (κ3) is 3.81. The first-order valence-electron chi connectivity index (χ1n) is 10.4. The molecule has 0 radical (unpaired) electrons. The number of ether oxygens (including phenoxy) is 2.